The number of aromatic nitrogens is 2. The van der Waals surface area contributed by atoms with Crippen LogP contribution in [0, 0.1) is 24.0 Å². The van der Waals surface area contributed by atoms with Crippen LogP contribution in [0.5, 0.6) is 0 Å². The highest BCUT2D eigenvalue weighted by Crippen LogP contribution is 2.22. The lowest BCUT2D eigenvalue weighted by atomic mass is 10.1. The van der Waals surface area contributed by atoms with Crippen LogP contribution in [-0.2, 0) is 21.4 Å². The molecule has 0 aliphatic carbocycles. The summed E-state index contributed by atoms with van der Waals surface area (Å²) >= 11 is 0. The van der Waals surface area contributed by atoms with Crippen LogP contribution in [0.1, 0.15) is 43.8 Å². The maximum absolute atomic E-state index is 12.6. The summed E-state index contributed by atoms with van der Waals surface area (Å²) in [6.45, 7) is 9.03. The zero-order valence-electron chi connectivity index (χ0n) is 17.7. The minimum absolute atomic E-state index is 0.0964. The van der Waals surface area contributed by atoms with E-state index in [2.05, 4.69) is 10.4 Å². The highest BCUT2D eigenvalue weighted by atomic mass is 32.2. The molecular formula is C19H27N5O5S. The van der Waals surface area contributed by atoms with Gasteiger partial charge in [-0.3, -0.25) is 19.6 Å². The Bertz CT molecular complexity index is 1030. The van der Waals surface area contributed by atoms with Crippen LogP contribution in [0.4, 0.5) is 5.69 Å². The molecule has 2 rings (SSSR count). The Labute approximate surface area is 176 Å². The molecule has 0 saturated carbocycles. The number of aryl methyl sites for hydroxylation is 1. The maximum atomic E-state index is 12.6. The zero-order chi connectivity index (χ0) is 22.6. The van der Waals surface area contributed by atoms with Crippen molar-refractivity contribution in [3.05, 3.63) is 51.3 Å². The number of hydrogen-bond donors (Lipinski definition) is 1. The molecule has 0 bridgehead atoms. The number of nitrogens with zero attached hydrogens (tertiary/aromatic N) is 4. The van der Waals surface area contributed by atoms with Crippen molar-refractivity contribution >= 4 is 21.6 Å². The van der Waals surface area contributed by atoms with Gasteiger partial charge in [0.25, 0.3) is 0 Å². The van der Waals surface area contributed by atoms with Gasteiger partial charge in [0.1, 0.15) is 17.9 Å². The van der Waals surface area contributed by atoms with Gasteiger partial charge in [-0.1, -0.05) is 26.0 Å². The van der Waals surface area contributed by atoms with Gasteiger partial charge in [0.2, 0.25) is 15.9 Å². The van der Waals surface area contributed by atoms with Gasteiger partial charge < -0.3 is 5.32 Å². The van der Waals surface area contributed by atoms with Crippen molar-refractivity contribution in [1.29, 1.82) is 0 Å². The number of sulfonamides is 1. The molecule has 1 unspecified atom stereocenters. The van der Waals surface area contributed by atoms with Crippen LogP contribution in [-0.4, -0.2) is 46.4 Å². The van der Waals surface area contributed by atoms with Crippen LogP contribution in [0.3, 0.4) is 0 Å². The lowest BCUT2D eigenvalue weighted by Crippen LogP contribution is -2.31. The van der Waals surface area contributed by atoms with Crippen molar-refractivity contribution in [2.24, 2.45) is 0 Å². The number of nitrogens with one attached hydrogen (secondary N) is 1. The molecule has 0 aliphatic rings. The van der Waals surface area contributed by atoms with Gasteiger partial charge in [-0.05, 0) is 38.5 Å². The quantitative estimate of drug-likeness (QED) is 0.474. The second-order valence-corrected chi connectivity index (χ2v) is 8.82. The summed E-state index contributed by atoms with van der Waals surface area (Å²) in [6.07, 6.45) is 0. The molecule has 1 atom stereocenters. The first kappa shape index (κ1) is 23.5. The summed E-state index contributed by atoms with van der Waals surface area (Å²) in [4.78, 5) is 23.2. The Kier molecular flexibility index (Phi) is 7.32. The maximum Gasteiger partial charge on any atom is 0.312 e. The van der Waals surface area contributed by atoms with E-state index in [0.29, 0.717) is 18.8 Å². The van der Waals surface area contributed by atoms with Gasteiger partial charge in [0, 0.05) is 13.1 Å². The number of rotatable bonds is 9. The molecule has 0 aliphatic heterocycles. The zero-order valence-corrected chi connectivity index (χ0v) is 18.6. The summed E-state index contributed by atoms with van der Waals surface area (Å²) in [5, 5.41) is 18.0. The van der Waals surface area contributed by atoms with Crippen molar-refractivity contribution < 1.29 is 18.1 Å². The lowest BCUT2D eigenvalue weighted by molar-refractivity contribution is -0.386. The van der Waals surface area contributed by atoms with Crippen LogP contribution in [0.2, 0.25) is 0 Å². The van der Waals surface area contributed by atoms with Gasteiger partial charge in [0.05, 0.1) is 15.9 Å². The summed E-state index contributed by atoms with van der Waals surface area (Å²) in [5.74, 6) is -0.358. The third-order valence-corrected chi connectivity index (χ3v) is 6.98. The van der Waals surface area contributed by atoms with E-state index in [0.717, 1.165) is 5.56 Å². The molecule has 2 aromatic rings. The fourth-order valence-electron chi connectivity index (χ4n) is 3.25. The van der Waals surface area contributed by atoms with E-state index in [1.165, 1.54) is 28.0 Å². The first-order valence-electron chi connectivity index (χ1n) is 9.60. The summed E-state index contributed by atoms with van der Waals surface area (Å²) < 4.78 is 27.8. The molecule has 30 heavy (non-hydrogen) atoms. The number of benzene rings is 1. The van der Waals surface area contributed by atoms with E-state index in [9.17, 15) is 23.3 Å². The highest BCUT2D eigenvalue weighted by molar-refractivity contribution is 7.89. The van der Waals surface area contributed by atoms with Gasteiger partial charge in [0.15, 0.2) is 0 Å². The number of carbonyl (C=O) groups is 1. The smallest absolute Gasteiger partial charge is 0.312 e. The number of nitro groups is 1. The highest BCUT2D eigenvalue weighted by Gasteiger charge is 2.24. The van der Waals surface area contributed by atoms with E-state index in [1.54, 1.807) is 39.8 Å². The van der Waals surface area contributed by atoms with Crippen LogP contribution >= 0.6 is 0 Å². The van der Waals surface area contributed by atoms with Crippen molar-refractivity contribution in [3.63, 3.8) is 0 Å². The summed E-state index contributed by atoms with van der Waals surface area (Å²) in [7, 11) is -3.54. The van der Waals surface area contributed by atoms with E-state index in [1.807, 2.05) is 0 Å². The van der Waals surface area contributed by atoms with Crippen molar-refractivity contribution in [2.45, 2.75) is 52.1 Å². The second-order valence-electron chi connectivity index (χ2n) is 6.88. The SMILES string of the molecule is CCN(CC)S(=O)(=O)c1ccc(C(C)NC(=O)Cn2nc(C)c([N+](=O)[O-])c2C)cc1. The van der Waals surface area contributed by atoms with Crippen molar-refractivity contribution in [2.75, 3.05) is 13.1 Å². The molecule has 1 heterocycles. The molecule has 1 N–H and O–H groups in total. The molecule has 0 saturated heterocycles. The fourth-order valence-corrected chi connectivity index (χ4v) is 4.71. The Balaban J connectivity index is 2.10. The first-order chi connectivity index (χ1) is 14.0. The molecule has 164 valence electrons. The van der Waals surface area contributed by atoms with Crippen LogP contribution in [0.25, 0.3) is 0 Å². The number of hydrogen-bond acceptors (Lipinski definition) is 6. The lowest BCUT2D eigenvalue weighted by Gasteiger charge is -2.19. The average molecular weight is 438 g/mol. The molecule has 1 aromatic carbocycles. The second kappa shape index (κ2) is 9.35. The van der Waals surface area contributed by atoms with Gasteiger partial charge in [-0.15, -0.1) is 0 Å². The third kappa shape index (κ3) is 4.85. The Morgan fingerprint density at radius 1 is 1.23 bits per heavy atom. The molecule has 0 radical (unpaired) electrons. The average Bonchev–Trinajstić information content (AvgIpc) is 2.95. The predicted octanol–water partition coefficient (Wildman–Crippen LogP) is 2.32. The molecule has 0 fully saturated rings. The minimum atomic E-state index is -3.54. The number of amides is 1. The van der Waals surface area contributed by atoms with E-state index >= 15 is 0 Å². The largest absolute Gasteiger partial charge is 0.348 e. The molecule has 1 amide bonds. The van der Waals surface area contributed by atoms with Gasteiger partial charge >= 0.3 is 5.69 Å². The third-order valence-electron chi connectivity index (χ3n) is 4.92. The Hall–Kier alpha value is -2.79. The van der Waals surface area contributed by atoms with Crippen LogP contribution < -0.4 is 5.32 Å². The minimum Gasteiger partial charge on any atom is -0.348 e. The van der Waals surface area contributed by atoms with Crippen molar-refractivity contribution in [1.82, 2.24) is 19.4 Å². The van der Waals surface area contributed by atoms with Crippen molar-refractivity contribution in [3.8, 4) is 0 Å². The summed E-state index contributed by atoms with van der Waals surface area (Å²) in [6, 6.07) is 5.99. The number of carbonyl (C=O) groups excluding carboxylic acids is 1. The Morgan fingerprint density at radius 2 is 1.80 bits per heavy atom. The first-order valence-corrected chi connectivity index (χ1v) is 11.0. The van der Waals surface area contributed by atoms with Crippen LogP contribution in [0.15, 0.2) is 29.2 Å². The predicted molar refractivity (Wildman–Crippen MR) is 111 cm³/mol. The summed E-state index contributed by atoms with van der Waals surface area (Å²) in [5.41, 5.74) is 1.21. The molecular weight excluding hydrogens is 410 g/mol. The monoisotopic (exact) mass is 437 g/mol. The van der Waals surface area contributed by atoms with Gasteiger partial charge in [-0.25, -0.2) is 8.42 Å². The molecule has 1 aromatic heterocycles. The normalized spacial score (nSPS) is 12.7. The van der Waals surface area contributed by atoms with E-state index in [4.69, 9.17) is 0 Å². The van der Waals surface area contributed by atoms with Gasteiger partial charge in [-0.2, -0.15) is 9.40 Å². The standard InChI is InChI=1S/C19H27N5O5S/c1-6-22(7-2)30(28,29)17-10-8-16(9-11-17)13(3)20-18(25)12-23-15(5)19(24(26)27)14(4)21-23/h8-11,13H,6-7,12H2,1-5H3,(H,20,25). The fraction of sp³-hybridized carbons (Fsp3) is 0.474. The molecule has 11 heteroatoms. The topological polar surface area (TPSA) is 127 Å². The molecule has 10 nitrogen and oxygen atoms in total. The van der Waals surface area contributed by atoms with E-state index in [-0.39, 0.29) is 34.8 Å². The molecule has 0 spiro atoms. The van der Waals surface area contributed by atoms with E-state index < -0.39 is 14.9 Å². The Morgan fingerprint density at radius 3 is 2.27 bits per heavy atom.